The molecule has 2 aromatic rings. The van der Waals surface area contributed by atoms with E-state index in [0.717, 1.165) is 11.1 Å². The first-order chi connectivity index (χ1) is 15.4. The molecule has 168 valence electrons. The Kier molecular flexibility index (Phi) is 6.40. The minimum atomic E-state index is -3.67. The number of hydrogen-bond donors (Lipinski definition) is 1. The maximum Gasteiger partial charge on any atom is 0.243 e. The molecule has 9 heteroatoms. The lowest BCUT2D eigenvalue weighted by Gasteiger charge is -2.32. The fourth-order valence-corrected chi connectivity index (χ4v) is 5.43. The van der Waals surface area contributed by atoms with Gasteiger partial charge in [0.05, 0.1) is 30.6 Å². The van der Waals surface area contributed by atoms with E-state index in [9.17, 15) is 18.0 Å². The van der Waals surface area contributed by atoms with Crippen LogP contribution in [0.25, 0.3) is 6.08 Å². The number of carbonyl (C=O) groups is 2. The quantitative estimate of drug-likeness (QED) is 0.748. The van der Waals surface area contributed by atoms with Gasteiger partial charge in [0.1, 0.15) is 0 Å². The Balaban J connectivity index is 1.51. The van der Waals surface area contributed by atoms with Gasteiger partial charge in [-0.25, -0.2) is 8.42 Å². The number of nitrogens with one attached hydrogen (secondary N) is 1. The van der Waals surface area contributed by atoms with Gasteiger partial charge in [0.25, 0.3) is 0 Å². The standard InChI is InChI=1S/C23H25N3O5S/c1-17(27)26-10-9-18-5-2-3-8-21(18)22(26)16-23(28)24-19-6-4-7-20(15-19)32(29,30)25-11-13-31-14-12-25/h2-10,15,22H,11-14,16H2,1H3,(H,24,28)/t22-/m0/s1. The number of morpholine rings is 1. The van der Waals surface area contributed by atoms with Crippen LogP contribution in [0, 0.1) is 0 Å². The van der Waals surface area contributed by atoms with Crippen LogP contribution in [0.2, 0.25) is 0 Å². The molecule has 0 aromatic heterocycles. The van der Waals surface area contributed by atoms with Crippen LogP contribution in [0.4, 0.5) is 5.69 Å². The van der Waals surface area contributed by atoms with Gasteiger partial charge in [-0.2, -0.15) is 4.31 Å². The van der Waals surface area contributed by atoms with E-state index in [1.807, 2.05) is 30.3 Å². The fraction of sp³-hybridized carbons (Fsp3) is 0.304. The van der Waals surface area contributed by atoms with E-state index in [-0.39, 0.29) is 23.1 Å². The van der Waals surface area contributed by atoms with E-state index in [1.54, 1.807) is 23.2 Å². The molecule has 0 spiro atoms. The molecule has 0 radical (unpaired) electrons. The summed E-state index contributed by atoms with van der Waals surface area (Å²) in [6.45, 7) is 2.78. The van der Waals surface area contributed by atoms with Gasteiger partial charge in [0, 0.05) is 31.9 Å². The van der Waals surface area contributed by atoms with Gasteiger partial charge in [-0.05, 0) is 35.4 Å². The molecule has 0 unspecified atom stereocenters. The fourth-order valence-electron chi connectivity index (χ4n) is 3.97. The first-order valence-corrected chi connectivity index (χ1v) is 11.8. The molecule has 0 saturated carbocycles. The zero-order valence-corrected chi connectivity index (χ0v) is 18.5. The molecule has 8 nitrogen and oxygen atoms in total. The normalized spacial score (nSPS) is 18.8. The molecule has 32 heavy (non-hydrogen) atoms. The van der Waals surface area contributed by atoms with Gasteiger partial charge in [0.15, 0.2) is 0 Å². The molecular formula is C23H25N3O5S. The van der Waals surface area contributed by atoms with Crippen LogP contribution in [0.3, 0.4) is 0 Å². The SMILES string of the molecule is CC(=O)N1C=Cc2ccccc2[C@@H]1CC(=O)Nc1cccc(S(=O)(=O)N2CCOCC2)c1. The number of anilines is 1. The van der Waals surface area contributed by atoms with Crippen LogP contribution < -0.4 is 5.32 Å². The summed E-state index contributed by atoms with van der Waals surface area (Å²) in [5.41, 5.74) is 2.24. The number of amides is 2. The van der Waals surface area contributed by atoms with Crippen molar-refractivity contribution in [2.75, 3.05) is 31.6 Å². The van der Waals surface area contributed by atoms with E-state index in [0.29, 0.717) is 32.0 Å². The van der Waals surface area contributed by atoms with Crippen LogP contribution >= 0.6 is 0 Å². The van der Waals surface area contributed by atoms with Gasteiger partial charge < -0.3 is 15.0 Å². The molecule has 2 aliphatic heterocycles. The minimum Gasteiger partial charge on any atom is -0.379 e. The van der Waals surface area contributed by atoms with Crippen LogP contribution in [0.15, 0.2) is 59.6 Å². The van der Waals surface area contributed by atoms with Crippen molar-refractivity contribution in [2.24, 2.45) is 0 Å². The predicted octanol–water partition coefficient (Wildman–Crippen LogP) is 2.61. The van der Waals surface area contributed by atoms with Crippen LogP contribution in [0.1, 0.15) is 30.5 Å². The number of benzene rings is 2. The third-order valence-electron chi connectivity index (χ3n) is 5.57. The van der Waals surface area contributed by atoms with Crippen molar-refractivity contribution in [1.82, 2.24) is 9.21 Å². The van der Waals surface area contributed by atoms with E-state index < -0.39 is 16.1 Å². The summed E-state index contributed by atoms with van der Waals surface area (Å²) in [6, 6.07) is 13.4. The summed E-state index contributed by atoms with van der Waals surface area (Å²) in [6.07, 6.45) is 3.59. The second-order valence-corrected chi connectivity index (χ2v) is 9.62. The summed E-state index contributed by atoms with van der Waals surface area (Å²) in [4.78, 5) is 26.7. The molecule has 2 aromatic carbocycles. The zero-order chi connectivity index (χ0) is 22.7. The number of fused-ring (bicyclic) bond motifs is 1. The number of ether oxygens (including phenoxy) is 1. The third kappa shape index (κ3) is 4.59. The van der Waals surface area contributed by atoms with E-state index >= 15 is 0 Å². The molecular weight excluding hydrogens is 430 g/mol. The summed E-state index contributed by atoms with van der Waals surface area (Å²) < 4.78 is 32.4. The number of hydrogen-bond acceptors (Lipinski definition) is 5. The first-order valence-electron chi connectivity index (χ1n) is 10.4. The number of carbonyl (C=O) groups excluding carboxylic acids is 2. The monoisotopic (exact) mass is 455 g/mol. The van der Waals surface area contributed by atoms with Crippen molar-refractivity contribution < 1.29 is 22.7 Å². The van der Waals surface area contributed by atoms with Gasteiger partial charge >= 0.3 is 0 Å². The van der Waals surface area contributed by atoms with Crippen LogP contribution in [-0.4, -0.2) is 55.7 Å². The number of sulfonamides is 1. The Morgan fingerprint density at radius 2 is 1.84 bits per heavy atom. The topological polar surface area (TPSA) is 96.0 Å². The molecule has 1 atom stereocenters. The van der Waals surface area contributed by atoms with Gasteiger partial charge in [-0.3, -0.25) is 9.59 Å². The second-order valence-electron chi connectivity index (χ2n) is 7.68. The number of rotatable bonds is 5. The van der Waals surface area contributed by atoms with Gasteiger partial charge in [-0.1, -0.05) is 30.3 Å². The largest absolute Gasteiger partial charge is 0.379 e. The van der Waals surface area contributed by atoms with E-state index in [2.05, 4.69) is 5.32 Å². The predicted molar refractivity (Wildman–Crippen MR) is 120 cm³/mol. The summed E-state index contributed by atoms with van der Waals surface area (Å²) in [5.74, 6) is -0.473. The molecule has 2 aliphatic rings. The minimum absolute atomic E-state index is 0.0430. The Morgan fingerprint density at radius 3 is 2.59 bits per heavy atom. The third-order valence-corrected chi connectivity index (χ3v) is 7.47. The molecule has 1 saturated heterocycles. The lowest BCUT2D eigenvalue weighted by atomic mass is 9.93. The lowest BCUT2D eigenvalue weighted by Crippen LogP contribution is -2.40. The van der Waals surface area contributed by atoms with Gasteiger partial charge in [-0.15, -0.1) is 0 Å². The lowest BCUT2D eigenvalue weighted by molar-refractivity contribution is -0.129. The summed E-state index contributed by atoms with van der Waals surface area (Å²) in [7, 11) is -3.67. The molecule has 2 heterocycles. The zero-order valence-electron chi connectivity index (χ0n) is 17.7. The Hall–Kier alpha value is -3.01. The highest BCUT2D eigenvalue weighted by atomic mass is 32.2. The van der Waals surface area contributed by atoms with Crippen LogP contribution in [0.5, 0.6) is 0 Å². The Labute approximate surface area is 187 Å². The van der Waals surface area contributed by atoms with Crippen molar-refractivity contribution in [3.63, 3.8) is 0 Å². The number of nitrogens with zero attached hydrogens (tertiary/aromatic N) is 2. The average molecular weight is 456 g/mol. The highest BCUT2D eigenvalue weighted by Crippen LogP contribution is 2.33. The van der Waals surface area contributed by atoms with Crippen LogP contribution in [-0.2, 0) is 24.3 Å². The van der Waals surface area contributed by atoms with Gasteiger partial charge in [0.2, 0.25) is 21.8 Å². The average Bonchev–Trinajstić information content (AvgIpc) is 2.80. The maximum absolute atomic E-state index is 12.9. The van der Waals surface area contributed by atoms with Crippen molar-refractivity contribution >= 4 is 33.6 Å². The Bertz CT molecular complexity index is 1160. The van der Waals surface area contributed by atoms with Crippen molar-refractivity contribution in [2.45, 2.75) is 24.3 Å². The second kappa shape index (κ2) is 9.23. The highest BCUT2D eigenvalue weighted by molar-refractivity contribution is 7.89. The van der Waals surface area contributed by atoms with Crippen molar-refractivity contribution in [3.8, 4) is 0 Å². The molecule has 2 amide bonds. The molecule has 0 aliphatic carbocycles. The first kappa shape index (κ1) is 22.2. The molecule has 1 N–H and O–H groups in total. The van der Waals surface area contributed by atoms with E-state index in [1.165, 1.54) is 23.4 Å². The summed E-state index contributed by atoms with van der Waals surface area (Å²) >= 11 is 0. The smallest absolute Gasteiger partial charge is 0.243 e. The maximum atomic E-state index is 12.9. The summed E-state index contributed by atoms with van der Waals surface area (Å²) in [5, 5.41) is 2.79. The molecule has 1 fully saturated rings. The van der Waals surface area contributed by atoms with Crippen molar-refractivity contribution in [3.05, 3.63) is 65.9 Å². The van der Waals surface area contributed by atoms with E-state index in [4.69, 9.17) is 4.74 Å². The molecule has 0 bridgehead atoms. The van der Waals surface area contributed by atoms with Crippen molar-refractivity contribution in [1.29, 1.82) is 0 Å². The highest BCUT2D eigenvalue weighted by Gasteiger charge is 2.29. The Morgan fingerprint density at radius 1 is 1.09 bits per heavy atom. The molecule has 4 rings (SSSR count).